The Kier molecular flexibility index (Phi) is 9.29. The number of carbonyl (C=O) groups is 1. The lowest BCUT2D eigenvalue weighted by Crippen LogP contribution is -2.50. The average molecular weight is 482 g/mol. The van der Waals surface area contributed by atoms with Crippen LogP contribution in [0.25, 0.3) is 0 Å². The molecule has 10 heteroatoms. The summed E-state index contributed by atoms with van der Waals surface area (Å²) < 4.78 is 34.4. The van der Waals surface area contributed by atoms with Crippen LogP contribution < -0.4 is 4.74 Å². The standard InChI is InChI=1S/C23H35N3O6S/c1-16-12-26(17(2)15-27)33(30,31)22-10-9-19(8-7-18(3)28)11-20(22)32-21(16)13-25(6)23(29)14-24(4)5/h9-11,16-18,21,27-28H,12-15H2,1-6H3/t16-,17+,18+,21+/m1/s1. The number of carbonyl (C=O) groups excluding carboxylic acids is 1. The molecule has 0 aromatic heterocycles. The van der Waals surface area contributed by atoms with Gasteiger partial charge in [-0.15, -0.1) is 0 Å². The van der Waals surface area contributed by atoms with E-state index >= 15 is 0 Å². The molecule has 0 bridgehead atoms. The summed E-state index contributed by atoms with van der Waals surface area (Å²) in [4.78, 5) is 15.8. The van der Waals surface area contributed by atoms with Crippen LogP contribution >= 0.6 is 0 Å². The lowest BCUT2D eigenvalue weighted by Gasteiger charge is -2.37. The van der Waals surface area contributed by atoms with Gasteiger partial charge in [0.1, 0.15) is 22.9 Å². The highest BCUT2D eigenvalue weighted by Crippen LogP contribution is 2.34. The molecule has 1 aromatic carbocycles. The number of aliphatic hydroxyl groups is 2. The zero-order valence-corrected chi connectivity index (χ0v) is 21.0. The van der Waals surface area contributed by atoms with Crippen molar-refractivity contribution in [1.29, 1.82) is 0 Å². The topological polar surface area (TPSA) is 111 Å². The third-order valence-electron chi connectivity index (χ3n) is 5.42. The maximum atomic E-state index is 13.4. The first kappa shape index (κ1) is 27.1. The normalized spacial score (nSPS) is 22.1. The molecular weight excluding hydrogens is 446 g/mol. The number of likely N-dealkylation sites (N-methyl/N-ethyl adjacent to an activating group) is 2. The minimum atomic E-state index is -3.96. The molecule has 4 atom stereocenters. The van der Waals surface area contributed by atoms with Gasteiger partial charge < -0.3 is 24.7 Å². The van der Waals surface area contributed by atoms with E-state index in [0.717, 1.165) is 0 Å². The van der Waals surface area contributed by atoms with E-state index in [1.807, 2.05) is 21.0 Å². The molecule has 0 unspecified atom stereocenters. The number of amides is 1. The lowest BCUT2D eigenvalue weighted by atomic mass is 10.0. The van der Waals surface area contributed by atoms with Gasteiger partial charge in [-0.05, 0) is 46.1 Å². The first-order chi connectivity index (χ1) is 15.4. The highest BCUT2D eigenvalue weighted by Gasteiger charge is 2.38. The largest absolute Gasteiger partial charge is 0.487 e. The number of benzene rings is 1. The first-order valence-electron chi connectivity index (χ1n) is 10.9. The molecule has 0 fully saturated rings. The van der Waals surface area contributed by atoms with Crippen molar-refractivity contribution in [2.75, 3.05) is 47.4 Å². The third-order valence-corrected chi connectivity index (χ3v) is 7.44. The second-order valence-electron chi connectivity index (χ2n) is 8.86. The molecule has 33 heavy (non-hydrogen) atoms. The van der Waals surface area contributed by atoms with Crippen LogP contribution in [0.3, 0.4) is 0 Å². The fraction of sp³-hybridized carbons (Fsp3) is 0.609. The Bertz CT molecular complexity index is 999. The summed E-state index contributed by atoms with van der Waals surface area (Å²) in [6.07, 6.45) is -1.33. The van der Waals surface area contributed by atoms with Crippen LogP contribution in [-0.4, -0.2) is 104 Å². The monoisotopic (exact) mass is 481 g/mol. The van der Waals surface area contributed by atoms with Crippen molar-refractivity contribution in [3.05, 3.63) is 23.8 Å². The van der Waals surface area contributed by atoms with Gasteiger partial charge in [0.05, 0.1) is 19.7 Å². The fourth-order valence-corrected chi connectivity index (χ4v) is 5.30. The van der Waals surface area contributed by atoms with Crippen molar-refractivity contribution in [1.82, 2.24) is 14.1 Å². The van der Waals surface area contributed by atoms with E-state index in [4.69, 9.17) is 4.74 Å². The van der Waals surface area contributed by atoms with E-state index in [1.165, 1.54) is 23.4 Å². The minimum absolute atomic E-state index is 0.0235. The van der Waals surface area contributed by atoms with Crippen LogP contribution in [-0.2, 0) is 14.8 Å². The molecule has 1 aliphatic rings. The van der Waals surface area contributed by atoms with Crippen molar-refractivity contribution in [3.8, 4) is 17.6 Å². The number of hydrogen-bond acceptors (Lipinski definition) is 7. The Morgan fingerprint density at radius 2 is 1.97 bits per heavy atom. The lowest BCUT2D eigenvalue weighted by molar-refractivity contribution is -0.132. The van der Waals surface area contributed by atoms with Crippen LogP contribution in [0.15, 0.2) is 23.1 Å². The summed E-state index contributed by atoms with van der Waals surface area (Å²) in [5.41, 5.74) is 0.496. The zero-order chi connectivity index (χ0) is 24.9. The SMILES string of the molecule is C[C@H](O)C#Cc1ccc2c(c1)O[C@@H](CN(C)C(=O)CN(C)C)[C@H](C)CN([C@@H](C)CO)S2(=O)=O. The van der Waals surface area contributed by atoms with Gasteiger partial charge >= 0.3 is 0 Å². The van der Waals surface area contributed by atoms with E-state index < -0.39 is 28.3 Å². The number of sulfonamides is 1. The summed E-state index contributed by atoms with van der Waals surface area (Å²) in [5, 5.41) is 19.2. The Labute approximate surface area is 197 Å². The average Bonchev–Trinajstić information content (AvgIpc) is 2.73. The van der Waals surface area contributed by atoms with Gasteiger partial charge in [-0.3, -0.25) is 4.79 Å². The number of nitrogens with zero attached hydrogens (tertiary/aromatic N) is 3. The maximum absolute atomic E-state index is 13.4. The van der Waals surface area contributed by atoms with E-state index in [9.17, 15) is 23.4 Å². The molecule has 1 aromatic rings. The molecule has 0 radical (unpaired) electrons. The molecule has 0 spiro atoms. The molecule has 2 N–H and O–H groups in total. The Hall–Kier alpha value is -2.16. The molecular formula is C23H35N3O6S. The van der Waals surface area contributed by atoms with Crippen molar-refractivity contribution in [2.45, 2.75) is 43.9 Å². The van der Waals surface area contributed by atoms with E-state index in [2.05, 4.69) is 11.8 Å². The van der Waals surface area contributed by atoms with Crippen LogP contribution in [0, 0.1) is 17.8 Å². The second kappa shape index (κ2) is 11.3. The van der Waals surface area contributed by atoms with Crippen molar-refractivity contribution in [3.63, 3.8) is 0 Å². The van der Waals surface area contributed by atoms with Gasteiger partial charge in [-0.2, -0.15) is 4.31 Å². The number of aliphatic hydroxyl groups excluding tert-OH is 2. The Morgan fingerprint density at radius 1 is 1.30 bits per heavy atom. The first-order valence-corrected chi connectivity index (χ1v) is 12.3. The van der Waals surface area contributed by atoms with Crippen LogP contribution in [0.4, 0.5) is 0 Å². The van der Waals surface area contributed by atoms with Crippen LogP contribution in [0.5, 0.6) is 5.75 Å². The predicted molar refractivity (Wildman–Crippen MR) is 125 cm³/mol. The molecule has 0 saturated heterocycles. The fourth-order valence-electron chi connectivity index (χ4n) is 3.47. The second-order valence-corrected chi connectivity index (χ2v) is 10.7. The van der Waals surface area contributed by atoms with Gasteiger partial charge in [-0.1, -0.05) is 18.8 Å². The van der Waals surface area contributed by atoms with Crippen LogP contribution in [0.2, 0.25) is 0 Å². The molecule has 1 aliphatic heterocycles. The van der Waals surface area contributed by atoms with Crippen molar-refractivity contribution < 1.29 is 28.2 Å². The quantitative estimate of drug-likeness (QED) is 0.559. The van der Waals surface area contributed by atoms with E-state index in [1.54, 1.807) is 29.8 Å². The Morgan fingerprint density at radius 3 is 2.55 bits per heavy atom. The number of fused-ring (bicyclic) bond motifs is 1. The summed E-state index contributed by atoms with van der Waals surface area (Å²) in [7, 11) is 1.36. The van der Waals surface area contributed by atoms with E-state index in [0.29, 0.717) is 5.56 Å². The molecule has 184 valence electrons. The van der Waals surface area contributed by atoms with Gasteiger partial charge in [0, 0.05) is 31.1 Å². The molecule has 1 heterocycles. The van der Waals surface area contributed by atoms with Gasteiger partial charge in [-0.25, -0.2) is 8.42 Å². The predicted octanol–water partition coefficient (Wildman–Crippen LogP) is 0.208. The molecule has 1 amide bonds. The van der Waals surface area contributed by atoms with Gasteiger partial charge in [0.15, 0.2) is 0 Å². The summed E-state index contributed by atoms with van der Waals surface area (Å²) in [5.74, 6) is 5.23. The summed E-state index contributed by atoms with van der Waals surface area (Å²) in [6.45, 7) is 5.36. The summed E-state index contributed by atoms with van der Waals surface area (Å²) >= 11 is 0. The van der Waals surface area contributed by atoms with Gasteiger partial charge in [0.2, 0.25) is 15.9 Å². The third kappa shape index (κ3) is 6.91. The number of hydrogen-bond donors (Lipinski definition) is 2. The molecule has 0 saturated carbocycles. The van der Waals surface area contributed by atoms with Crippen molar-refractivity contribution >= 4 is 15.9 Å². The maximum Gasteiger partial charge on any atom is 0.247 e. The van der Waals surface area contributed by atoms with Crippen LogP contribution in [0.1, 0.15) is 26.3 Å². The molecule has 9 nitrogen and oxygen atoms in total. The summed E-state index contributed by atoms with van der Waals surface area (Å²) in [6, 6.07) is 3.90. The zero-order valence-electron chi connectivity index (χ0n) is 20.1. The number of rotatable bonds is 6. The highest BCUT2D eigenvalue weighted by molar-refractivity contribution is 7.89. The molecule has 0 aliphatic carbocycles. The minimum Gasteiger partial charge on any atom is -0.487 e. The smallest absolute Gasteiger partial charge is 0.247 e. The molecule has 2 rings (SSSR count). The number of ether oxygens (including phenoxy) is 1. The van der Waals surface area contributed by atoms with Crippen molar-refractivity contribution in [2.24, 2.45) is 5.92 Å². The Balaban J connectivity index is 2.53. The van der Waals surface area contributed by atoms with E-state index in [-0.39, 0.29) is 48.7 Å². The highest BCUT2D eigenvalue weighted by atomic mass is 32.2. The van der Waals surface area contributed by atoms with Gasteiger partial charge in [0.25, 0.3) is 0 Å².